The quantitative estimate of drug-likeness (QED) is 0.733. The van der Waals surface area contributed by atoms with Crippen molar-refractivity contribution in [3.05, 3.63) is 0 Å². The van der Waals surface area contributed by atoms with Crippen LogP contribution in [0.1, 0.15) is 32.6 Å². The SMILES string of the molecule is CC(C#N)C(=O)N(CCCO)C1CCC1. The fourth-order valence-corrected chi connectivity index (χ4v) is 1.72. The first kappa shape index (κ1) is 12.0. The molecule has 1 unspecified atom stereocenters. The average molecular weight is 210 g/mol. The molecule has 0 saturated heterocycles. The van der Waals surface area contributed by atoms with Crippen molar-refractivity contribution < 1.29 is 9.90 Å². The Morgan fingerprint density at radius 2 is 2.33 bits per heavy atom. The molecule has 0 aliphatic heterocycles. The molecule has 1 fully saturated rings. The summed E-state index contributed by atoms with van der Waals surface area (Å²) in [7, 11) is 0. The maximum absolute atomic E-state index is 11.8. The second kappa shape index (κ2) is 5.72. The Morgan fingerprint density at radius 3 is 2.73 bits per heavy atom. The second-order valence-electron chi connectivity index (χ2n) is 4.04. The summed E-state index contributed by atoms with van der Waals surface area (Å²) in [6.45, 7) is 2.30. The van der Waals surface area contributed by atoms with E-state index in [-0.39, 0.29) is 12.5 Å². The van der Waals surface area contributed by atoms with Crippen LogP contribution in [-0.2, 0) is 4.79 Å². The van der Waals surface area contributed by atoms with Crippen LogP contribution >= 0.6 is 0 Å². The first-order chi connectivity index (χ1) is 7.20. The molecule has 4 nitrogen and oxygen atoms in total. The Kier molecular flexibility index (Phi) is 4.57. The van der Waals surface area contributed by atoms with Crippen molar-refractivity contribution in [1.29, 1.82) is 5.26 Å². The molecule has 1 aliphatic carbocycles. The van der Waals surface area contributed by atoms with E-state index in [4.69, 9.17) is 10.4 Å². The van der Waals surface area contributed by atoms with E-state index in [1.807, 2.05) is 6.07 Å². The third-order valence-electron chi connectivity index (χ3n) is 2.92. The molecule has 0 heterocycles. The summed E-state index contributed by atoms with van der Waals surface area (Å²) in [4.78, 5) is 13.6. The highest BCUT2D eigenvalue weighted by Crippen LogP contribution is 2.26. The first-order valence-corrected chi connectivity index (χ1v) is 5.51. The Morgan fingerprint density at radius 1 is 1.67 bits per heavy atom. The highest BCUT2D eigenvalue weighted by molar-refractivity contribution is 5.81. The standard InChI is InChI=1S/C11H18N2O2/c1-9(8-12)11(15)13(6-3-7-14)10-4-2-5-10/h9-10,14H,2-7H2,1H3. The molecule has 0 aromatic rings. The van der Waals surface area contributed by atoms with Crippen molar-refractivity contribution in [2.45, 2.75) is 38.6 Å². The molecule has 0 aromatic carbocycles. The third kappa shape index (κ3) is 2.93. The summed E-state index contributed by atoms with van der Waals surface area (Å²) in [6, 6.07) is 2.28. The van der Waals surface area contributed by atoms with Crippen LogP contribution in [0.5, 0.6) is 0 Å². The van der Waals surface area contributed by atoms with Crippen molar-refractivity contribution in [3.8, 4) is 6.07 Å². The molecule has 0 bridgehead atoms. The van der Waals surface area contributed by atoms with Gasteiger partial charge in [0, 0.05) is 19.2 Å². The van der Waals surface area contributed by atoms with Crippen LogP contribution in [0.3, 0.4) is 0 Å². The number of amides is 1. The summed E-state index contributed by atoms with van der Waals surface area (Å²) in [6.07, 6.45) is 3.83. The zero-order valence-electron chi connectivity index (χ0n) is 9.15. The number of nitriles is 1. The minimum atomic E-state index is -0.565. The highest BCUT2D eigenvalue weighted by Gasteiger charge is 2.30. The molecule has 0 spiro atoms. The number of aliphatic hydroxyl groups excluding tert-OH is 1. The number of nitrogens with zero attached hydrogens (tertiary/aromatic N) is 2. The minimum absolute atomic E-state index is 0.0874. The molecule has 0 aromatic heterocycles. The molecule has 4 heteroatoms. The lowest BCUT2D eigenvalue weighted by atomic mass is 9.90. The van der Waals surface area contributed by atoms with Crippen LogP contribution in [0.4, 0.5) is 0 Å². The molecule has 1 atom stereocenters. The van der Waals surface area contributed by atoms with Gasteiger partial charge >= 0.3 is 0 Å². The van der Waals surface area contributed by atoms with Gasteiger partial charge < -0.3 is 10.0 Å². The lowest BCUT2D eigenvalue weighted by molar-refractivity contribution is -0.137. The topological polar surface area (TPSA) is 64.3 Å². The zero-order valence-corrected chi connectivity index (χ0v) is 9.15. The molecule has 0 radical (unpaired) electrons. The van der Waals surface area contributed by atoms with E-state index in [1.165, 1.54) is 0 Å². The van der Waals surface area contributed by atoms with Gasteiger partial charge in [0.25, 0.3) is 0 Å². The van der Waals surface area contributed by atoms with E-state index in [2.05, 4.69) is 0 Å². The van der Waals surface area contributed by atoms with Gasteiger partial charge in [-0.1, -0.05) is 0 Å². The van der Waals surface area contributed by atoms with E-state index >= 15 is 0 Å². The summed E-state index contributed by atoms with van der Waals surface area (Å²) < 4.78 is 0. The van der Waals surface area contributed by atoms with Crippen LogP contribution < -0.4 is 0 Å². The predicted octanol–water partition coefficient (Wildman–Crippen LogP) is 0.910. The second-order valence-corrected chi connectivity index (χ2v) is 4.04. The van der Waals surface area contributed by atoms with Gasteiger partial charge in [0.05, 0.1) is 6.07 Å². The lowest BCUT2D eigenvalue weighted by Crippen LogP contribution is -2.46. The largest absolute Gasteiger partial charge is 0.396 e. The minimum Gasteiger partial charge on any atom is -0.396 e. The molecular weight excluding hydrogens is 192 g/mol. The molecule has 1 saturated carbocycles. The Balaban J connectivity index is 2.54. The van der Waals surface area contributed by atoms with Crippen molar-refractivity contribution >= 4 is 5.91 Å². The van der Waals surface area contributed by atoms with Gasteiger partial charge in [0.2, 0.25) is 5.91 Å². The van der Waals surface area contributed by atoms with Gasteiger partial charge in [-0.15, -0.1) is 0 Å². The van der Waals surface area contributed by atoms with Crippen molar-refractivity contribution in [1.82, 2.24) is 4.90 Å². The zero-order chi connectivity index (χ0) is 11.3. The first-order valence-electron chi connectivity index (χ1n) is 5.51. The average Bonchev–Trinajstić information content (AvgIpc) is 2.19. The number of hydrogen-bond donors (Lipinski definition) is 1. The molecule has 84 valence electrons. The van der Waals surface area contributed by atoms with E-state index in [0.717, 1.165) is 19.3 Å². The van der Waals surface area contributed by atoms with Crippen molar-refractivity contribution in [2.75, 3.05) is 13.2 Å². The number of hydrogen-bond acceptors (Lipinski definition) is 3. The van der Waals surface area contributed by atoms with Gasteiger partial charge in [0.1, 0.15) is 5.92 Å². The maximum atomic E-state index is 11.8. The van der Waals surface area contributed by atoms with Crippen LogP contribution in [0.2, 0.25) is 0 Å². The van der Waals surface area contributed by atoms with Gasteiger partial charge in [-0.05, 0) is 32.6 Å². The third-order valence-corrected chi connectivity index (χ3v) is 2.92. The molecule has 1 N–H and O–H groups in total. The summed E-state index contributed by atoms with van der Waals surface area (Å²) in [5, 5.41) is 17.5. The van der Waals surface area contributed by atoms with Crippen molar-refractivity contribution in [3.63, 3.8) is 0 Å². The van der Waals surface area contributed by atoms with E-state index < -0.39 is 5.92 Å². The molecule has 15 heavy (non-hydrogen) atoms. The van der Waals surface area contributed by atoms with Gasteiger partial charge in [-0.25, -0.2) is 0 Å². The number of aliphatic hydroxyl groups is 1. The number of carbonyl (C=O) groups excluding carboxylic acids is 1. The summed E-state index contributed by atoms with van der Waals surface area (Å²) in [5.41, 5.74) is 0. The Hall–Kier alpha value is -1.08. The van der Waals surface area contributed by atoms with Gasteiger partial charge in [-0.2, -0.15) is 5.26 Å². The van der Waals surface area contributed by atoms with Gasteiger partial charge in [-0.3, -0.25) is 4.79 Å². The van der Waals surface area contributed by atoms with Crippen molar-refractivity contribution in [2.24, 2.45) is 5.92 Å². The molecule has 1 rings (SSSR count). The highest BCUT2D eigenvalue weighted by atomic mass is 16.3. The van der Waals surface area contributed by atoms with Crippen LogP contribution in [0, 0.1) is 17.2 Å². The normalized spacial score (nSPS) is 17.7. The summed E-state index contributed by atoms with van der Waals surface area (Å²) >= 11 is 0. The monoisotopic (exact) mass is 210 g/mol. The van der Waals surface area contributed by atoms with Crippen LogP contribution in [-0.4, -0.2) is 35.1 Å². The van der Waals surface area contributed by atoms with E-state index in [1.54, 1.807) is 11.8 Å². The van der Waals surface area contributed by atoms with Gasteiger partial charge in [0.15, 0.2) is 0 Å². The van der Waals surface area contributed by atoms with Crippen LogP contribution in [0.15, 0.2) is 0 Å². The molecular formula is C11H18N2O2. The molecule has 1 amide bonds. The van der Waals surface area contributed by atoms with E-state index in [9.17, 15) is 4.79 Å². The fraction of sp³-hybridized carbons (Fsp3) is 0.818. The predicted molar refractivity (Wildman–Crippen MR) is 55.8 cm³/mol. The lowest BCUT2D eigenvalue weighted by Gasteiger charge is -2.38. The maximum Gasteiger partial charge on any atom is 0.239 e. The Labute approximate surface area is 90.5 Å². The smallest absolute Gasteiger partial charge is 0.239 e. The summed E-state index contributed by atoms with van der Waals surface area (Å²) in [5.74, 6) is -0.653. The number of rotatable bonds is 5. The Bertz CT molecular complexity index is 256. The van der Waals surface area contributed by atoms with Crippen LogP contribution in [0.25, 0.3) is 0 Å². The van der Waals surface area contributed by atoms with E-state index in [0.29, 0.717) is 19.0 Å². The molecule has 1 aliphatic rings. The fourth-order valence-electron chi connectivity index (χ4n) is 1.72. The number of carbonyl (C=O) groups is 1.